The number of aliphatic hydroxyl groups is 1. The highest BCUT2D eigenvalue weighted by atomic mass is 16.6. The maximum Gasteiger partial charge on any atom is 0.339 e. The third kappa shape index (κ3) is 4.79. The van der Waals surface area contributed by atoms with Crippen LogP contribution >= 0.6 is 0 Å². The number of hydrogen-bond acceptors (Lipinski definition) is 7. The first-order valence-electron chi connectivity index (χ1n) is 13.2. The van der Waals surface area contributed by atoms with Crippen molar-refractivity contribution in [3.8, 4) is 11.1 Å². The molecule has 0 radical (unpaired) electrons. The van der Waals surface area contributed by atoms with Crippen LogP contribution in [0.15, 0.2) is 42.7 Å². The lowest BCUT2D eigenvalue weighted by atomic mass is 9.87. The molecule has 0 amide bonds. The van der Waals surface area contributed by atoms with Crippen molar-refractivity contribution in [3.63, 3.8) is 0 Å². The van der Waals surface area contributed by atoms with Gasteiger partial charge in [-0.05, 0) is 64.3 Å². The first-order chi connectivity index (χ1) is 18.5. The van der Waals surface area contributed by atoms with E-state index in [0.29, 0.717) is 18.1 Å². The fourth-order valence-electron chi connectivity index (χ4n) is 5.50. The van der Waals surface area contributed by atoms with Crippen LogP contribution in [0.3, 0.4) is 0 Å². The van der Waals surface area contributed by atoms with Gasteiger partial charge in [0.2, 0.25) is 5.95 Å². The highest BCUT2D eigenvalue weighted by Crippen LogP contribution is 2.49. The van der Waals surface area contributed by atoms with Crippen LogP contribution in [-0.2, 0) is 27.4 Å². The molecule has 39 heavy (non-hydrogen) atoms. The molecule has 3 heterocycles. The van der Waals surface area contributed by atoms with Gasteiger partial charge >= 0.3 is 5.97 Å². The summed E-state index contributed by atoms with van der Waals surface area (Å²) in [6.07, 6.45) is 2.35. The van der Waals surface area contributed by atoms with Crippen LogP contribution in [-0.4, -0.2) is 44.9 Å². The quantitative estimate of drug-likeness (QED) is 0.321. The molecule has 0 saturated heterocycles. The molecule has 2 aromatic carbocycles. The zero-order chi connectivity index (χ0) is 28.1. The number of ether oxygens (including phenoxy) is 2. The summed E-state index contributed by atoms with van der Waals surface area (Å²) in [6, 6.07) is 10.6. The second kappa shape index (κ2) is 10.1. The Morgan fingerprint density at radius 2 is 1.74 bits per heavy atom. The Bertz CT molecular complexity index is 1530. The van der Waals surface area contributed by atoms with E-state index in [-0.39, 0.29) is 6.61 Å². The number of nitrogens with zero attached hydrogens (tertiary/aromatic N) is 4. The zero-order valence-electron chi connectivity index (χ0n) is 23.7. The van der Waals surface area contributed by atoms with E-state index in [2.05, 4.69) is 63.6 Å². The first kappa shape index (κ1) is 26.8. The van der Waals surface area contributed by atoms with Crippen molar-refractivity contribution in [1.29, 1.82) is 0 Å². The van der Waals surface area contributed by atoms with Crippen LogP contribution in [0.5, 0.6) is 0 Å². The molecule has 4 aromatic rings. The van der Waals surface area contributed by atoms with Crippen molar-refractivity contribution in [2.75, 3.05) is 18.6 Å². The summed E-state index contributed by atoms with van der Waals surface area (Å²) in [7, 11) is 1.40. The minimum atomic E-state index is -0.947. The summed E-state index contributed by atoms with van der Waals surface area (Å²) in [5, 5.41) is 10.5. The third-order valence-electron chi connectivity index (χ3n) is 7.25. The maximum absolute atomic E-state index is 13.4. The molecule has 0 aliphatic carbocycles. The van der Waals surface area contributed by atoms with Gasteiger partial charge in [0.25, 0.3) is 0 Å². The Morgan fingerprint density at radius 1 is 1.08 bits per heavy atom. The average molecular weight is 529 g/mol. The largest absolute Gasteiger partial charge is 0.467 e. The summed E-state index contributed by atoms with van der Waals surface area (Å²) in [5.41, 5.74) is 8.02. The number of rotatable bonds is 6. The number of aryl methyl sites for hydroxylation is 2. The van der Waals surface area contributed by atoms with Crippen LogP contribution in [0.1, 0.15) is 54.8 Å². The second-order valence-corrected chi connectivity index (χ2v) is 11.2. The Hall–Kier alpha value is -3.75. The summed E-state index contributed by atoms with van der Waals surface area (Å²) < 4.78 is 14.1. The topological polar surface area (TPSA) is 89.7 Å². The second-order valence-electron chi connectivity index (χ2n) is 11.2. The zero-order valence-corrected chi connectivity index (χ0v) is 23.7. The van der Waals surface area contributed by atoms with Crippen molar-refractivity contribution < 1.29 is 19.4 Å². The van der Waals surface area contributed by atoms with Crippen LogP contribution in [0.2, 0.25) is 0 Å². The molecule has 0 bridgehead atoms. The van der Waals surface area contributed by atoms with Gasteiger partial charge in [-0.2, -0.15) is 0 Å². The molecule has 1 N–H and O–H groups in total. The van der Waals surface area contributed by atoms with Crippen molar-refractivity contribution in [3.05, 3.63) is 70.7 Å². The van der Waals surface area contributed by atoms with Crippen LogP contribution in [0.25, 0.3) is 22.0 Å². The van der Waals surface area contributed by atoms with Gasteiger partial charge in [0.15, 0.2) is 6.10 Å². The number of carbonyl (C=O) groups excluding carboxylic acids is 1. The van der Waals surface area contributed by atoms with Crippen molar-refractivity contribution in [2.45, 2.75) is 66.4 Å². The number of methoxy groups -OCH3 is 1. The average Bonchev–Trinajstić information content (AvgIpc) is 3.25. The Morgan fingerprint density at radius 3 is 2.33 bits per heavy atom. The van der Waals surface area contributed by atoms with Crippen molar-refractivity contribution >= 4 is 28.5 Å². The SMILES string of the molecule is COC(=O)[C@@H](OC(C)(C)C)c1c(C)c2c3c(cc(C)n3CCN2c2ncc(CO)cn2)c1-c1ccc(C)cc1. The number of aromatic nitrogens is 3. The molecule has 2 aromatic heterocycles. The van der Waals surface area contributed by atoms with E-state index in [0.717, 1.165) is 56.6 Å². The minimum Gasteiger partial charge on any atom is -0.467 e. The summed E-state index contributed by atoms with van der Waals surface area (Å²) >= 11 is 0. The number of anilines is 2. The molecule has 1 aliphatic rings. The molecule has 5 rings (SSSR count). The molecule has 1 atom stereocenters. The van der Waals surface area contributed by atoms with Gasteiger partial charge in [0.05, 0.1) is 30.5 Å². The standard InChI is InChI=1S/C31H36N4O4/c1-18-8-10-22(11-9-18)25-23-14-19(2)34-12-13-35(30-32-15-21(17-36)16-33-30)26(27(23)34)20(3)24(25)28(29(37)38-7)39-31(4,5)6/h8-11,14-16,28,36H,12-13,17H2,1-7H3/t28-/m0/s1. The van der Waals surface area contributed by atoms with Gasteiger partial charge in [-0.3, -0.25) is 0 Å². The summed E-state index contributed by atoms with van der Waals surface area (Å²) in [4.78, 5) is 24.7. The minimum absolute atomic E-state index is 0.119. The molecule has 8 nitrogen and oxygen atoms in total. The van der Waals surface area contributed by atoms with Gasteiger partial charge < -0.3 is 24.0 Å². The molecule has 1 aliphatic heterocycles. The van der Waals surface area contributed by atoms with E-state index in [1.807, 2.05) is 27.7 Å². The van der Waals surface area contributed by atoms with Crippen molar-refractivity contribution in [1.82, 2.24) is 14.5 Å². The smallest absolute Gasteiger partial charge is 0.339 e. The van der Waals surface area contributed by atoms with E-state index in [1.165, 1.54) is 7.11 Å². The normalized spacial score (nSPS) is 14.1. The molecular formula is C31H36N4O4. The Labute approximate surface area is 229 Å². The van der Waals surface area contributed by atoms with Crippen LogP contribution in [0, 0.1) is 20.8 Å². The molecule has 0 unspecified atom stereocenters. The predicted octanol–water partition coefficient (Wildman–Crippen LogP) is 5.70. The van der Waals surface area contributed by atoms with Gasteiger partial charge in [-0.25, -0.2) is 14.8 Å². The number of hydrogen-bond donors (Lipinski definition) is 1. The lowest BCUT2D eigenvalue weighted by Gasteiger charge is -2.35. The summed E-state index contributed by atoms with van der Waals surface area (Å²) in [6.45, 7) is 13.3. The molecule has 8 heteroatoms. The van der Waals surface area contributed by atoms with Gasteiger partial charge in [0, 0.05) is 47.7 Å². The van der Waals surface area contributed by atoms with E-state index in [4.69, 9.17) is 9.47 Å². The first-order valence-corrected chi connectivity index (χ1v) is 13.2. The maximum atomic E-state index is 13.4. The number of esters is 1. The lowest BCUT2D eigenvalue weighted by molar-refractivity contribution is -0.164. The van der Waals surface area contributed by atoms with Gasteiger partial charge in [0.1, 0.15) is 0 Å². The molecule has 0 saturated carbocycles. The van der Waals surface area contributed by atoms with Gasteiger partial charge in [-0.15, -0.1) is 0 Å². The molecule has 204 valence electrons. The van der Waals surface area contributed by atoms with Crippen molar-refractivity contribution in [2.24, 2.45) is 0 Å². The fraction of sp³-hybridized carbons (Fsp3) is 0.387. The Balaban J connectivity index is 1.89. The molecule has 0 spiro atoms. The molecule has 0 fully saturated rings. The van der Waals surface area contributed by atoms with Crippen LogP contribution < -0.4 is 4.90 Å². The van der Waals surface area contributed by atoms with E-state index >= 15 is 0 Å². The van der Waals surface area contributed by atoms with Crippen LogP contribution in [0.4, 0.5) is 11.6 Å². The van der Waals surface area contributed by atoms with E-state index in [9.17, 15) is 9.90 Å². The van der Waals surface area contributed by atoms with Gasteiger partial charge in [-0.1, -0.05) is 29.8 Å². The number of aliphatic hydroxyl groups excluding tert-OH is 1. The predicted molar refractivity (Wildman–Crippen MR) is 152 cm³/mol. The monoisotopic (exact) mass is 528 g/mol. The number of benzene rings is 2. The third-order valence-corrected chi connectivity index (χ3v) is 7.25. The number of carbonyl (C=O) groups is 1. The highest BCUT2D eigenvalue weighted by Gasteiger charge is 2.37. The van der Waals surface area contributed by atoms with E-state index in [1.54, 1.807) is 12.4 Å². The summed E-state index contributed by atoms with van der Waals surface area (Å²) in [5.74, 6) is 0.0945. The van der Waals surface area contributed by atoms with E-state index < -0.39 is 17.7 Å². The lowest BCUT2D eigenvalue weighted by Crippen LogP contribution is -2.32. The fourth-order valence-corrected chi connectivity index (χ4v) is 5.50. The highest BCUT2D eigenvalue weighted by molar-refractivity contribution is 6.08. The molecular weight excluding hydrogens is 492 g/mol. The Kier molecular flexibility index (Phi) is 6.95.